The number of nitrogens with zero attached hydrogens (tertiary/aromatic N) is 2. The summed E-state index contributed by atoms with van der Waals surface area (Å²) in [5.74, 6) is 0.111. The van der Waals surface area contributed by atoms with Crippen molar-refractivity contribution in [3.05, 3.63) is 24.3 Å². The van der Waals surface area contributed by atoms with E-state index in [-0.39, 0.29) is 16.8 Å². The molecule has 0 spiro atoms. The lowest BCUT2D eigenvalue weighted by Gasteiger charge is -2.27. The molecule has 1 atom stereocenters. The van der Waals surface area contributed by atoms with Crippen molar-refractivity contribution in [2.75, 3.05) is 31.1 Å². The van der Waals surface area contributed by atoms with Crippen molar-refractivity contribution >= 4 is 21.6 Å². The highest BCUT2D eigenvalue weighted by atomic mass is 32.2. The van der Waals surface area contributed by atoms with Gasteiger partial charge in [-0.3, -0.25) is 9.69 Å². The van der Waals surface area contributed by atoms with Crippen LogP contribution in [0.3, 0.4) is 0 Å². The number of sulfonamides is 1. The maximum Gasteiger partial charge on any atom is 0.240 e. The molecule has 2 fully saturated rings. The second kappa shape index (κ2) is 7.85. The monoisotopic (exact) mass is 365 g/mol. The van der Waals surface area contributed by atoms with E-state index in [0.29, 0.717) is 19.5 Å². The summed E-state index contributed by atoms with van der Waals surface area (Å²) in [7, 11) is -3.53. The number of nitrogens with one attached hydrogen (secondary N) is 1. The van der Waals surface area contributed by atoms with Crippen LogP contribution in [0.5, 0.6) is 0 Å². The van der Waals surface area contributed by atoms with Crippen LogP contribution in [0.2, 0.25) is 0 Å². The number of likely N-dealkylation sites (tertiary alicyclic amines) is 1. The number of amides is 1. The van der Waals surface area contributed by atoms with Gasteiger partial charge in [-0.2, -0.15) is 0 Å². The summed E-state index contributed by atoms with van der Waals surface area (Å²) in [5.41, 5.74) is 0.772. The van der Waals surface area contributed by atoms with Crippen LogP contribution in [-0.4, -0.2) is 51.4 Å². The molecule has 7 heteroatoms. The highest BCUT2D eigenvalue weighted by molar-refractivity contribution is 7.89. The number of benzene rings is 1. The lowest BCUT2D eigenvalue weighted by atomic mass is 10.1. The highest BCUT2D eigenvalue weighted by Gasteiger charge is 2.22. The lowest BCUT2D eigenvalue weighted by molar-refractivity contribution is -0.119. The summed E-state index contributed by atoms with van der Waals surface area (Å²) < 4.78 is 27.7. The number of carbonyl (C=O) groups excluding carboxylic acids is 1. The molecule has 25 heavy (non-hydrogen) atoms. The van der Waals surface area contributed by atoms with Gasteiger partial charge in [0.2, 0.25) is 15.9 Å². The van der Waals surface area contributed by atoms with Gasteiger partial charge in [0.25, 0.3) is 0 Å². The van der Waals surface area contributed by atoms with Gasteiger partial charge in [0.15, 0.2) is 0 Å². The SMILES string of the molecule is CC(CNS(=O)(=O)c1ccc(N2CCCCC2=O)cc1)N1CCCC1. The first-order valence-electron chi connectivity index (χ1n) is 9.11. The first-order valence-corrected chi connectivity index (χ1v) is 10.6. The second-order valence-electron chi connectivity index (χ2n) is 6.94. The Morgan fingerprint density at radius 3 is 2.32 bits per heavy atom. The van der Waals surface area contributed by atoms with Gasteiger partial charge in [0.05, 0.1) is 4.90 Å². The van der Waals surface area contributed by atoms with Crippen LogP contribution in [0.1, 0.15) is 39.0 Å². The Labute approximate surface area is 150 Å². The van der Waals surface area contributed by atoms with Gasteiger partial charge in [0, 0.05) is 31.2 Å². The number of hydrogen-bond donors (Lipinski definition) is 1. The Morgan fingerprint density at radius 2 is 1.68 bits per heavy atom. The molecule has 2 aliphatic rings. The van der Waals surface area contributed by atoms with Crippen LogP contribution in [0.4, 0.5) is 5.69 Å². The highest BCUT2D eigenvalue weighted by Crippen LogP contribution is 2.22. The number of hydrogen-bond acceptors (Lipinski definition) is 4. The Hall–Kier alpha value is -1.44. The van der Waals surface area contributed by atoms with E-state index in [1.807, 2.05) is 0 Å². The van der Waals surface area contributed by atoms with E-state index in [2.05, 4.69) is 16.5 Å². The van der Waals surface area contributed by atoms with Gasteiger partial charge >= 0.3 is 0 Å². The molecule has 1 aromatic carbocycles. The molecule has 2 aliphatic heterocycles. The van der Waals surface area contributed by atoms with Crippen molar-refractivity contribution in [3.63, 3.8) is 0 Å². The average Bonchev–Trinajstić information content (AvgIpc) is 3.15. The molecule has 0 saturated carbocycles. The minimum absolute atomic E-state index is 0.111. The van der Waals surface area contributed by atoms with Crippen LogP contribution >= 0.6 is 0 Å². The van der Waals surface area contributed by atoms with Crippen molar-refractivity contribution < 1.29 is 13.2 Å². The fourth-order valence-corrected chi connectivity index (χ4v) is 4.63. The smallest absolute Gasteiger partial charge is 0.240 e. The van der Waals surface area contributed by atoms with Crippen LogP contribution in [0.15, 0.2) is 29.2 Å². The fourth-order valence-electron chi connectivity index (χ4n) is 3.51. The maximum absolute atomic E-state index is 12.5. The van der Waals surface area contributed by atoms with Gasteiger partial charge in [0.1, 0.15) is 0 Å². The molecule has 1 unspecified atom stereocenters. The molecule has 3 rings (SSSR count). The predicted molar refractivity (Wildman–Crippen MR) is 98.1 cm³/mol. The number of rotatable bonds is 6. The number of carbonyl (C=O) groups is 1. The van der Waals surface area contributed by atoms with E-state index in [1.165, 1.54) is 12.8 Å². The summed E-state index contributed by atoms with van der Waals surface area (Å²) in [6.07, 6.45) is 4.86. The van der Waals surface area contributed by atoms with Crippen molar-refractivity contribution in [1.82, 2.24) is 9.62 Å². The fraction of sp³-hybridized carbons (Fsp3) is 0.611. The molecular formula is C18H27N3O3S. The molecule has 1 amide bonds. The Morgan fingerprint density at radius 1 is 1.04 bits per heavy atom. The largest absolute Gasteiger partial charge is 0.312 e. The third kappa shape index (κ3) is 4.40. The van der Waals surface area contributed by atoms with E-state index < -0.39 is 10.0 Å². The summed E-state index contributed by atoms with van der Waals surface area (Å²) in [6.45, 7) is 5.26. The minimum Gasteiger partial charge on any atom is -0.312 e. The van der Waals surface area contributed by atoms with E-state index >= 15 is 0 Å². The quantitative estimate of drug-likeness (QED) is 0.837. The van der Waals surface area contributed by atoms with Gasteiger partial charge in [-0.15, -0.1) is 0 Å². The molecule has 0 radical (unpaired) electrons. The second-order valence-corrected chi connectivity index (χ2v) is 8.71. The first-order chi connectivity index (χ1) is 12.0. The van der Waals surface area contributed by atoms with Crippen LogP contribution in [-0.2, 0) is 14.8 Å². The summed E-state index contributed by atoms with van der Waals surface area (Å²) in [6, 6.07) is 6.81. The Balaban J connectivity index is 1.62. The van der Waals surface area contributed by atoms with Crippen LogP contribution in [0.25, 0.3) is 0 Å². The van der Waals surface area contributed by atoms with Crippen molar-refractivity contribution in [3.8, 4) is 0 Å². The molecule has 1 N–H and O–H groups in total. The molecule has 2 heterocycles. The van der Waals surface area contributed by atoms with Crippen LogP contribution < -0.4 is 9.62 Å². The normalized spacial score (nSPS) is 20.8. The van der Waals surface area contributed by atoms with Gasteiger partial charge in [-0.1, -0.05) is 0 Å². The van der Waals surface area contributed by atoms with Crippen LogP contribution in [0, 0.1) is 0 Å². The molecule has 6 nitrogen and oxygen atoms in total. The van der Waals surface area contributed by atoms with Gasteiger partial charge < -0.3 is 4.90 Å². The minimum atomic E-state index is -3.53. The predicted octanol–water partition coefficient (Wildman–Crippen LogP) is 1.97. The average molecular weight is 365 g/mol. The molecule has 0 aliphatic carbocycles. The Bertz CT molecular complexity index is 697. The topological polar surface area (TPSA) is 69.7 Å². The van der Waals surface area contributed by atoms with E-state index in [9.17, 15) is 13.2 Å². The van der Waals surface area contributed by atoms with Crippen molar-refractivity contribution in [1.29, 1.82) is 0 Å². The van der Waals surface area contributed by atoms with E-state index in [1.54, 1.807) is 29.2 Å². The third-order valence-corrected chi connectivity index (χ3v) is 6.55. The van der Waals surface area contributed by atoms with Crippen molar-refractivity contribution in [2.24, 2.45) is 0 Å². The standard InChI is InChI=1S/C18H27N3O3S/c1-15(20-11-4-5-12-20)14-19-25(23,24)17-9-7-16(8-10-17)21-13-3-2-6-18(21)22/h7-10,15,19H,2-6,11-14H2,1H3. The molecule has 0 aromatic heterocycles. The summed E-state index contributed by atoms with van der Waals surface area (Å²) >= 11 is 0. The van der Waals surface area contributed by atoms with E-state index in [0.717, 1.165) is 31.6 Å². The Kier molecular flexibility index (Phi) is 5.76. The summed E-state index contributed by atoms with van der Waals surface area (Å²) in [4.78, 5) is 16.3. The zero-order chi connectivity index (χ0) is 17.9. The van der Waals surface area contributed by atoms with E-state index in [4.69, 9.17) is 0 Å². The zero-order valence-corrected chi connectivity index (χ0v) is 15.6. The third-order valence-electron chi connectivity index (χ3n) is 5.11. The maximum atomic E-state index is 12.5. The van der Waals surface area contributed by atoms with Gasteiger partial charge in [-0.05, 0) is 70.0 Å². The first kappa shape index (κ1) is 18.4. The molecule has 0 bridgehead atoms. The lowest BCUT2D eigenvalue weighted by Crippen LogP contribution is -2.40. The molecule has 138 valence electrons. The molecule has 1 aromatic rings. The number of piperidine rings is 1. The molecule has 2 saturated heterocycles. The molecular weight excluding hydrogens is 338 g/mol. The van der Waals surface area contributed by atoms with Gasteiger partial charge in [-0.25, -0.2) is 13.1 Å². The summed E-state index contributed by atoms with van der Waals surface area (Å²) in [5, 5.41) is 0. The zero-order valence-electron chi connectivity index (χ0n) is 14.8. The number of anilines is 1. The van der Waals surface area contributed by atoms with Crippen molar-refractivity contribution in [2.45, 2.75) is 50.0 Å².